The highest BCUT2D eigenvalue weighted by molar-refractivity contribution is 5.88. The lowest BCUT2D eigenvalue weighted by Crippen LogP contribution is -2.58. The molecule has 1 saturated heterocycles. The van der Waals surface area contributed by atoms with Gasteiger partial charge in [-0.1, -0.05) is 42.9 Å². The normalized spacial score (nSPS) is 29.8. The third-order valence-electron chi connectivity index (χ3n) is 5.81. The number of benzene rings is 1. The summed E-state index contributed by atoms with van der Waals surface area (Å²) in [7, 11) is 0. The zero-order chi connectivity index (χ0) is 22.6. The first-order valence-corrected chi connectivity index (χ1v) is 10.4. The molecule has 31 heavy (non-hydrogen) atoms. The van der Waals surface area contributed by atoms with Crippen molar-refractivity contribution in [2.45, 2.75) is 68.2 Å². The van der Waals surface area contributed by atoms with Crippen LogP contribution in [0.3, 0.4) is 0 Å². The molecule has 1 aliphatic heterocycles. The number of anilines is 1. The lowest BCUT2D eigenvalue weighted by Gasteiger charge is -2.37. The molecule has 0 amide bonds. The van der Waals surface area contributed by atoms with Crippen molar-refractivity contribution in [2.24, 2.45) is 5.73 Å². The molecule has 0 spiro atoms. The summed E-state index contributed by atoms with van der Waals surface area (Å²) < 4.78 is 5.41. The second-order valence-corrected chi connectivity index (χ2v) is 8.16. The summed E-state index contributed by atoms with van der Waals surface area (Å²) in [4.78, 5) is 0. The van der Waals surface area contributed by atoms with Crippen molar-refractivity contribution < 1.29 is 25.2 Å². The maximum atomic E-state index is 10.2. The molecule has 2 fully saturated rings. The smallest absolute Gasteiger partial charge is 0.147 e. The van der Waals surface area contributed by atoms with Crippen molar-refractivity contribution in [3.8, 4) is 23.7 Å². The monoisotopic (exact) mass is 427 g/mol. The first-order chi connectivity index (χ1) is 14.8. The van der Waals surface area contributed by atoms with Crippen molar-refractivity contribution in [1.29, 1.82) is 5.41 Å². The van der Waals surface area contributed by atoms with Crippen molar-refractivity contribution >= 4 is 11.9 Å². The van der Waals surface area contributed by atoms with E-state index < -0.39 is 42.7 Å². The molecule has 1 aromatic carbocycles. The van der Waals surface area contributed by atoms with Gasteiger partial charge in [0.15, 0.2) is 0 Å². The van der Waals surface area contributed by atoms with Crippen LogP contribution >= 0.6 is 0 Å². The predicted octanol–water partition coefficient (Wildman–Crippen LogP) is -0.527. The van der Waals surface area contributed by atoms with Crippen LogP contribution in [0.4, 0.5) is 5.69 Å². The quantitative estimate of drug-likeness (QED) is 0.189. The molecule has 0 aromatic heterocycles. The van der Waals surface area contributed by atoms with Gasteiger partial charge >= 0.3 is 0 Å². The number of aliphatic hydroxyl groups excluding tert-OH is 4. The van der Waals surface area contributed by atoms with Gasteiger partial charge in [0.05, 0.1) is 17.8 Å². The fourth-order valence-corrected chi connectivity index (χ4v) is 3.84. The average molecular weight is 428 g/mol. The molecule has 1 aromatic rings. The summed E-state index contributed by atoms with van der Waals surface area (Å²) in [6, 6.07) is 3.37. The van der Waals surface area contributed by atoms with Crippen molar-refractivity contribution in [3.63, 3.8) is 0 Å². The number of hydrogen-bond acceptors (Lipinski definition) is 8. The van der Waals surface area contributed by atoms with Gasteiger partial charge < -0.3 is 42.0 Å². The molecule has 8 heteroatoms. The van der Waals surface area contributed by atoms with E-state index in [2.05, 4.69) is 23.7 Å². The highest BCUT2D eigenvalue weighted by atomic mass is 16.5. The van der Waals surface area contributed by atoms with E-state index in [-0.39, 0.29) is 5.69 Å². The summed E-state index contributed by atoms with van der Waals surface area (Å²) in [6.45, 7) is -0.533. The lowest BCUT2D eigenvalue weighted by molar-refractivity contribution is -0.214. The van der Waals surface area contributed by atoms with Crippen molar-refractivity contribution in [2.75, 3.05) is 12.3 Å². The molecule has 1 saturated carbocycles. The molecule has 166 valence electrons. The van der Waals surface area contributed by atoms with E-state index in [0.717, 1.165) is 38.3 Å². The molecule has 1 heterocycles. The highest BCUT2D eigenvalue weighted by Gasteiger charge is 2.42. The van der Waals surface area contributed by atoms with Crippen LogP contribution in [0.2, 0.25) is 0 Å². The number of nitrogens with two attached hydrogens (primary N) is 2. The van der Waals surface area contributed by atoms with Crippen LogP contribution in [0.5, 0.6) is 0 Å². The Morgan fingerprint density at radius 2 is 1.81 bits per heavy atom. The Morgan fingerprint density at radius 1 is 1.10 bits per heavy atom. The van der Waals surface area contributed by atoms with E-state index in [0.29, 0.717) is 16.7 Å². The summed E-state index contributed by atoms with van der Waals surface area (Å²) in [6.07, 6.45) is -0.530. The van der Waals surface area contributed by atoms with E-state index in [1.54, 1.807) is 12.1 Å². The summed E-state index contributed by atoms with van der Waals surface area (Å²) >= 11 is 0. The molecular weight excluding hydrogens is 398 g/mol. The average Bonchev–Trinajstić information content (AvgIpc) is 2.77. The number of ether oxygens (including phenoxy) is 1. The van der Waals surface area contributed by atoms with Crippen LogP contribution in [-0.4, -0.2) is 69.3 Å². The molecule has 2 aliphatic rings. The molecule has 8 nitrogen and oxygen atoms in total. The SMILES string of the molecule is N=Cc1cc(C#CC2(N)CCCCC2)cc(C#CC2OC(CO)[C@@H](O)C(O)C2O)c1N. The summed E-state index contributed by atoms with van der Waals surface area (Å²) in [5, 5.41) is 46.9. The van der Waals surface area contributed by atoms with Crippen LogP contribution in [0.15, 0.2) is 12.1 Å². The number of rotatable bonds is 2. The van der Waals surface area contributed by atoms with Gasteiger partial charge in [0.25, 0.3) is 0 Å². The van der Waals surface area contributed by atoms with Gasteiger partial charge in [-0.05, 0) is 25.0 Å². The number of nitrogen functional groups attached to an aromatic ring is 1. The third kappa shape index (κ3) is 5.25. The van der Waals surface area contributed by atoms with Gasteiger partial charge in [0, 0.05) is 22.9 Å². The van der Waals surface area contributed by atoms with E-state index in [1.165, 1.54) is 0 Å². The molecule has 9 N–H and O–H groups in total. The summed E-state index contributed by atoms with van der Waals surface area (Å²) in [5.74, 6) is 11.8. The number of aliphatic hydroxyl groups is 4. The van der Waals surface area contributed by atoms with Gasteiger partial charge in [0.2, 0.25) is 0 Å². The Balaban J connectivity index is 1.90. The first kappa shape index (κ1) is 23.2. The minimum Gasteiger partial charge on any atom is -0.397 e. The number of hydrogen-bond donors (Lipinski definition) is 7. The third-order valence-corrected chi connectivity index (χ3v) is 5.81. The topological polar surface area (TPSA) is 166 Å². The summed E-state index contributed by atoms with van der Waals surface area (Å²) in [5.41, 5.74) is 13.7. The van der Waals surface area contributed by atoms with Gasteiger partial charge in [-0.15, -0.1) is 0 Å². The first-order valence-electron chi connectivity index (χ1n) is 10.4. The Morgan fingerprint density at radius 3 is 2.45 bits per heavy atom. The van der Waals surface area contributed by atoms with E-state index >= 15 is 0 Å². The minimum atomic E-state index is -1.51. The van der Waals surface area contributed by atoms with Crippen LogP contribution in [-0.2, 0) is 4.74 Å². The second-order valence-electron chi connectivity index (χ2n) is 8.16. The lowest BCUT2D eigenvalue weighted by atomic mass is 9.83. The second kappa shape index (κ2) is 9.80. The Hall–Kier alpha value is -2.43. The maximum Gasteiger partial charge on any atom is 0.147 e. The molecule has 0 bridgehead atoms. The fourth-order valence-electron chi connectivity index (χ4n) is 3.84. The zero-order valence-electron chi connectivity index (χ0n) is 17.2. The van der Waals surface area contributed by atoms with Gasteiger partial charge in [0.1, 0.15) is 30.5 Å². The molecule has 5 atom stereocenters. The number of nitrogens with one attached hydrogen (secondary N) is 1. The van der Waals surface area contributed by atoms with E-state index in [9.17, 15) is 20.4 Å². The zero-order valence-corrected chi connectivity index (χ0v) is 17.2. The van der Waals surface area contributed by atoms with Crippen LogP contribution in [0.1, 0.15) is 48.8 Å². The van der Waals surface area contributed by atoms with Crippen LogP contribution in [0, 0.1) is 29.1 Å². The molecule has 4 unspecified atom stereocenters. The fraction of sp³-hybridized carbons (Fsp3) is 0.522. The Bertz CT molecular complexity index is 934. The molecule has 0 radical (unpaired) electrons. The molecule has 1 aliphatic carbocycles. The largest absolute Gasteiger partial charge is 0.397 e. The van der Waals surface area contributed by atoms with Crippen LogP contribution in [0.25, 0.3) is 0 Å². The van der Waals surface area contributed by atoms with E-state index in [4.69, 9.17) is 21.6 Å². The van der Waals surface area contributed by atoms with Crippen LogP contribution < -0.4 is 11.5 Å². The standard InChI is InChI=1S/C23H29N3O5/c24-12-16-11-14(6-9-23(26)7-2-1-3-8-23)10-15(19(16)25)4-5-17-20(28)22(30)21(29)18(13-27)31-17/h10-12,17-18,20-22,24,27-30H,1-3,7-8,13,25-26H2/t17?,18?,20?,21-,22?/m1/s1. The Kier molecular flexibility index (Phi) is 7.34. The van der Waals surface area contributed by atoms with Crippen molar-refractivity contribution in [1.82, 2.24) is 0 Å². The molecule has 3 rings (SSSR count). The predicted molar refractivity (Wildman–Crippen MR) is 116 cm³/mol. The van der Waals surface area contributed by atoms with Gasteiger partial charge in [-0.3, -0.25) is 0 Å². The maximum absolute atomic E-state index is 10.2. The minimum absolute atomic E-state index is 0.276. The Labute approximate surface area is 181 Å². The van der Waals surface area contributed by atoms with Crippen molar-refractivity contribution in [3.05, 3.63) is 28.8 Å². The van der Waals surface area contributed by atoms with E-state index in [1.807, 2.05) is 0 Å². The molecular formula is C23H29N3O5. The van der Waals surface area contributed by atoms with Gasteiger partial charge in [-0.2, -0.15) is 0 Å². The highest BCUT2D eigenvalue weighted by Crippen LogP contribution is 2.26. The van der Waals surface area contributed by atoms with Gasteiger partial charge in [-0.25, -0.2) is 0 Å².